The van der Waals surface area contributed by atoms with Crippen LogP contribution in [-0.2, 0) is 9.47 Å². The van der Waals surface area contributed by atoms with Gasteiger partial charge in [-0.15, -0.1) is 24.0 Å². The molecule has 2 N–H and O–H groups in total. The summed E-state index contributed by atoms with van der Waals surface area (Å²) in [6.45, 7) is 4.64. The number of rotatable bonds is 4. The van der Waals surface area contributed by atoms with Crippen LogP contribution in [0.5, 0.6) is 0 Å². The van der Waals surface area contributed by atoms with E-state index in [2.05, 4.69) is 17.6 Å². The smallest absolute Gasteiger partial charge is 0.191 e. The van der Waals surface area contributed by atoms with Crippen LogP contribution < -0.4 is 10.6 Å². The molecule has 3 saturated heterocycles. The Morgan fingerprint density at radius 3 is 2.76 bits per heavy atom. The summed E-state index contributed by atoms with van der Waals surface area (Å²) in [7, 11) is 0. The van der Waals surface area contributed by atoms with Crippen LogP contribution in [0.2, 0.25) is 0 Å². The van der Waals surface area contributed by atoms with E-state index in [4.69, 9.17) is 14.5 Å². The Morgan fingerprint density at radius 1 is 1.24 bits per heavy atom. The fourth-order valence-electron chi connectivity index (χ4n) is 3.43. The molecule has 4 unspecified atom stereocenters. The average Bonchev–Trinajstić information content (AvgIpc) is 3.09. The van der Waals surface area contributed by atoms with Gasteiger partial charge in [0.1, 0.15) is 0 Å². The van der Waals surface area contributed by atoms with E-state index in [1.54, 1.807) is 0 Å². The van der Waals surface area contributed by atoms with Gasteiger partial charge in [-0.2, -0.15) is 0 Å². The van der Waals surface area contributed by atoms with E-state index in [-0.39, 0.29) is 24.0 Å². The molecule has 2 bridgehead atoms. The third kappa shape index (κ3) is 4.69. The number of guanidine groups is 1. The molecule has 3 aliphatic heterocycles. The number of hydrogen-bond donors (Lipinski definition) is 2. The maximum atomic E-state index is 5.89. The summed E-state index contributed by atoms with van der Waals surface area (Å²) in [6.07, 6.45) is 8.30. The molecule has 5 nitrogen and oxygen atoms in total. The summed E-state index contributed by atoms with van der Waals surface area (Å²) < 4.78 is 11.6. The molecule has 6 heteroatoms. The molecule has 3 fully saturated rings. The van der Waals surface area contributed by atoms with Crippen LogP contribution >= 0.6 is 24.0 Å². The Labute approximate surface area is 144 Å². The second kappa shape index (κ2) is 8.53. The number of fused-ring (bicyclic) bond motifs is 2. The van der Waals surface area contributed by atoms with Gasteiger partial charge in [0.25, 0.3) is 0 Å². The molecule has 21 heavy (non-hydrogen) atoms. The highest BCUT2D eigenvalue weighted by Crippen LogP contribution is 2.34. The number of halogens is 1. The standard InChI is InChI=1S/C15H27N3O2.HI/c1-2-16-15(17-10-12-5-3-4-8-19-12)18-13-9-11-6-7-14(13)20-11;/h11-14H,2-10H2,1H3,(H2,16,17,18);1H. The highest BCUT2D eigenvalue weighted by molar-refractivity contribution is 14.0. The van der Waals surface area contributed by atoms with Crippen LogP contribution in [0, 0.1) is 0 Å². The number of hydrogen-bond acceptors (Lipinski definition) is 3. The van der Waals surface area contributed by atoms with Crippen molar-refractivity contribution in [1.29, 1.82) is 0 Å². The zero-order valence-corrected chi connectivity index (χ0v) is 15.2. The molecule has 3 heterocycles. The van der Waals surface area contributed by atoms with Crippen LogP contribution in [0.15, 0.2) is 4.99 Å². The van der Waals surface area contributed by atoms with E-state index in [0.717, 1.165) is 38.5 Å². The van der Waals surface area contributed by atoms with Gasteiger partial charge >= 0.3 is 0 Å². The van der Waals surface area contributed by atoms with Crippen molar-refractivity contribution in [2.45, 2.75) is 69.8 Å². The van der Waals surface area contributed by atoms with Crippen LogP contribution in [-0.4, -0.2) is 50.0 Å². The molecule has 0 amide bonds. The molecular formula is C15H28IN3O2. The molecule has 0 aromatic carbocycles. The summed E-state index contributed by atoms with van der Waals surface area (Å²) in [5, 5.41) is 6.88. The lowest BCUT2D eigenvalue weighted by molar-refractivity contribution is 0.0224. The minimum Gasteiger partial charge on any atom is -0.376 e. The first-order valence-electron chi connectivity index (χ1n) is 8.17. The number of ether oxygens (including phenoxy) is 2. The summed E-state index contributed by atoms with van der Waals surface area (Å²) >= 11 is 0. The lowest BCUT2D eigenvalue weighted by atomic mass is 9.96. The van der Waals surface area contributed by atoms with Crippen LogP contribution in [0.4, 0.5) is 0 Å². The molecular weight excluding hydrogens is 381 g/mol. The number of aliphatic imine (C=N–C) groups is 1. The fraction of sp³-hybridized carbons (Fsp3) is 0.933. The van der Waals surface area contributed by atoms with Gasteiger partial charge < -0.3 is 20.1 Å². The zero-order valence-electron chi connectivity index (χ0n) is 12.8. The Bertz CT molecular complexity index is 348. The van der Waals surface area contributed by atoms with Crippen molar-refractivity contribution in [1.82, 2.24) is 10.6 Å². The molecule has 3 aliphatic rings. The quantitative estimate of drug-likeness (QED) is 0.424. The van der Waals surface area contributed by atoms with Crippen LogP contribution in [0.25, 0.3) is 0 Å². The number of nitrogens with one attached hydrogen (secondary N) is 2. The largest absolute Gasteiger partial charge is 0.376 e. The average molecular weight is 409 g/mol. The van der Waals surface area contributed by atoms with E-state index in [0.29, 0.717) is 24.4 Å². The monoisotopic (exact) mass is 409 g/mol. The van der Waals surface area contributed by atoms with Crippen molar-refractivity contribution in [3.8, 4) is 0 Å². The predicted octanol–water partition coefficient (Wildman–Crippen LogP) is 2.05. The zero-order chi connectivity index (χ0) is 13.8. The number of nitrogens with zero attached hydrogens (tertiary/aromatic N) is 1. The van der Waals surface area contributed by atoms with Gasteiger partial charge in [-0.05, 0) is 45.4 Å². The molecule has 0 aromatic rings. The highest BCUT2D eigenvalue weighted by atomic mass is 127. The molecule has 0 spiro atoms. The van der Waals surface area contributed by atoms with Crippen molar-refractivity contribution >= 4 is 29.9 Å². The molecule has 4 atom stereocenters. The van der Waals surface area contributed by atoms with Crippen molar-refractivity contribution in [2.24, 2.45) is 4.99 Å². The minimum atomic E-state index is 0. The lowest BCUT2D eigenvalue weighted by Gasteiger charge is -2.24. The topological polar surface area (TPSA) is 54.9 Å². The maximum Gasteiger partial charge on any atom is 0.191 e. The van der Waals surface area contributed by atoms with E-state index < -0.39 is 0 Å². The van der Waals surface area contributed by atoms with Gasteiger partial charge in [-0.3, -0.25) is 4.99 Å². The van der Waals surface area contributed by atoms with Crippen molar-refractivity contribution in [2.75, 3.05) is 19.7 Å². The van der Waals surface area contributed by atoms with Crippen LogP contribution in [0.3, 0.4) is 0 Å². The second-order valence-electron chi connectivity index (χ2n) is 6.07. The molecule has 0 radical (unpaired) electrons. The van der Waals surface area contributed by atoms with Gasteiger partial charge in [0.05, 0.1) is 30.9 Å². The Hall–Kier alpha value is -0.0800. The van der Waals surface area contributed by atoms with E-state index in [1.807, 2.05) is 0 Å². The molecule has 0 aromatic heterocycles. The van der Waals surface area contributed by atoms with E-state index >= 15 is 0 Å². The lowest BCUT2D eigenvalue weighted by Crippen LogP contribution is -2.47. The summed E-state index contributed by atoms with van der Waals surface area (Å²) in [5.41, 5.74) is 0. The SMILES string of the molecule is CCNC(=NCC1CCCCO1)NC1CC2CCC1O2.I. The minimum absolute atomic E-state index is 0. The van der Waals surface area contributed by atoms with Crippen molar-refractivity contribution < 1.29 is 9.47 Å². The first-order chi connectivity index (χ1) is 9.85. The van der Waals surface area contributed by atoms with E-state index in [9.17, 15) is 0 Å². The highest BCUT2D eigenvalue weighted by Gasteiger charge is 2.41. The van der Waals surface area contributed by atoms with Gasteiger partial charge in [-0.25, -0.2) is 0 Å². The van der Waals surface area contributed by atoms with Gasteiger partial charge in [0, 0.05) is 13.2 Å². The van der Waals surface area contributed by atoms with Crippen molar-refractivity contribution in [3.05, 3.63) is 0 Å². The van der Waals surface area contributed by atoms with E-state index in [1.165, 1.54) is 25.7 Å². The summed E-state index contributed by atoms with van der Waals surface area (Å²) in [6, 6.07) is 0.429. The second-order valence-corrected chi connectivity index (χ2v) is 6.07. The Balaban J connectivity index is 0.00000161. The summed E-state index contributed by atoms with van der Waals surface area (Å²) in [4.78, 5) is 4.70. The van der Waals surface area contributed by atoms with Gasteiger partial charge in [-0.1, -0.05) is 0 Å². The fourth-order valence-corrected chi connectivity index (χ4v) is 3.43. The molecule has 0 saturated carbocycles. The Kier molecular flexibility index (Phi) is 7.01. The maximum absolute atomic E-state index is 5.89. The third-order valence-corrected chi connectivity index (χ3v) is 4.50. The normalized spacial score (nSPS) is 35.4. The third-order valence-electron chi connectivity index (χ3n) is 4.50. The molecule has 0 aliphatic carbocycles. The molecule has 122 valence electrons. The van der Waals surface area contributed by atoms with Crippen LogP contribution in [0.1, 0.15) is 45.4 Å². The van der Waals surface area contributed by atoms with Gasteiger partial charge in [0.2, 0.25) is 0 Å². The van der Waals surface area contributed by atoms with Gasteiger partial charge in [0.15, 0.2) is 5.96 Å². The predicted molar refractivity (Wildman–Crippen MR) is 94.4 cm³/mol. The molecule has 3 rings (SSSR count). The Morgan fingerprint density at radius 2 is 2.14 bits per heavy atom. The first-order valence-corrected chi connectivity index (χ1v) is 8.17. The summed E-state index contributed by atoms with van der Waals surface area (Å²) in [5.74, 6) is 0.919. The van der Waals surface area contributed by atoms with Crippen molar-refractivity contribution in [3.63, 3.8) is 0 Å². The first kappa shape index (κ1) is 17.3.